The first-order valence-electron chi connectivity index (χ1n) is 4.47. The zero-order valence-electron chi connectivity index (χ0n) is 7.99. The topological polar surface area (TPSA) is 43.4 Å². The number of benzene rings is 1. The molecule has 0 saturated heterocycles. The molecule has 76 valence electrons. The molecule has 0 spiro atoms. The predicted molar refractivity (Wildman–Crippen MR) is 52.9 cm³/mol. The van der Waals surface area contributed by atoms with Crippen LogP contribution in [-0.2, 0) is 27.6 Å². The Hall–Kier alpha value is -0.870. The third kappa shape index (κ3) is 1.81. The molecule has 0 N–H and O–H groups in total. The van der Waals surface area contributed by atoms with E-state index < -0.39 is 9.84 Å². The van der Waals surface area contributed by atoms with Crippen molar-refractivity contribution in [2.24, 2.45) is 0 Å². The Bertz CT molecular complexity index is 448. The molecule has 0 aliphatic carbocycles. The molecule has 0 radical (unpaired) electrons. The highest BCUT2D eigenvalue weighted by Crippen LogP contribution is 2.20. The summed E-state index contributed by atoms with van der Waals surface area (Å²) >= 11 is 0. The lowest BCUT2D eigenvalue weighted by molar-refractivity contribution is 0.110. The Morgan fingerprint density at radius 1 is 1.29 bits per heavy atom. The molecular weight excluding hydrogens is 200 g/mol. The van der Waals surface area contributed by atoms with E-state index in [4.69, 9.17) is 4.74 Å². The summed E-state index contributed by atoms with van der Waals surface area (Å²) in [6.07, 6.45) is 2.10. The molecular formula is C10H12O3S. The fourth-order valence-electron chi connectivity index (χ4n) is 1.58. The summed E-state index contributed by atoms with van der Waals surface area (Å²) in [5.41, 5.74) is 2.20. The van der Waals surface area contributed by atoms with Gasteiger partial charge in [-0.3, -0.25) is 0 Å². The molecule has 4 heteroatoms. The lowest BCUT2D eigenvalue weighted by Gasteiger charge is -2.16. The average Bonchev–Trinajstić information content (AvgIpc) is 2.16. The van der Waals surface area contributed by atoms with Crippen LogP contribution in [0.25, 0.3) is 0 Å². The van der Waals surface area contributed by atoms with E-state index in [0.717, 1.165) is 18.6 Å². The molecule has 3 nitrogen and oxygen atoms in total. The highest BCUT2D eigenvalue weighted by molar-refractivity contribution is 7.90. The van der Waals surface area contributed by atoms with Crippen LogP contribution in [-0.4, -0.2) is 21.3 Å². The van der Waals surface area contributed by atoms with E-state index >= 15 is 0 Å². The number of ether oxygens (including phenoxy) is 1. The van der Waals surface area contributed by atoms with Crippen LogP contribution in [0.1, 0.15) is 11.1 Å². The lowest BCUT2D eigenvalue weighted by atomic mass is 10.0. The molecule has 0 amide bonds. The van der Waals surface area contributed by atoms with Gasteiger partial charge in [-0.05, 0) is 29.7 Å². The van der Waals surface area contributed by atoms with Gasteiger partial charge in [0, 0.05) is 6.26 Å². The van der Waals surface area contributed by atoms with Crippen molar-refractivity contribution in [1.82, 2.24) is 0 Å². The van der Waals surface area contributed by atoms with E-state index in [-0.39, 0.29) is 0 Å². The second-order valence-corrected chi connectivity index (χ2v) is 5.52. The van der Waals surface area contributed by atoms with Gasteiger partial charge >= 0.3 is 0 Å². The SMILES string of the molecule is CS(=O)(=O)c1ccc2c(c1)COCC2. The first-order valence-corrected chi connectivity index (χ1v) is 6.36. The van der Waals surface area contributed by atoms with Crippen LogP contribution in [0.3, 0.4) is 0 Å². The van der Waals surface area contributed by atoms with Crippen molar-refractivity contribution in [3.8, 4) is 0 Å². The second kappa shape index (κ2) is 3.37. The van der Waals surface area contributed by atoms with E-state index in [1.54, 1.807) is 12.1 Å². The maximum absolute atomic E-state index is 11.3. The lowest BCUT2D eigenvalue weighted by Crippen LogP contribution is -2.10. The Kier molecular flexibility index (Phi) is 2.33. The van der Waals surface area contributed by atoms with E-state index in [1.807, 2.05) is 6.07 Å². The standard InChI is InChI=1S/C10H12O3S/c1-14(11,12)10-3-2-8-4-5-13-7-9(8)6-10/h2-3,6H,4-5,7H2,1H3. The smallest absolute Gasteiger partial charge is 0.175 e. The molecule has 1 aliphatic rings. The van der Waals surface area contributed by atoms with Gasteiger partial charge in [0.2, 0.25) is 0 Å². The zero-order chi connectivity index (χ0) is 10.2. The van der Waals surface area contributed by atoms with Crippen LogP contribution in [0, 0.1) is 0 Å². The number of fused-ring (bicyclic) bond motifs is 1. The van der Waals surface area contributed by atoms with Gasteiger partial charge < -0.3 is 4.74 Å². The maximum Gasteiger partial charge on any atom is 0.175 e. The van der Waals surface area contributed by atoms with E-state index in [9.17, 15) is 8.42 Å². The summed E-state index contributed by atoms with van der Waals surface area (Å²) in [6.45, 7) is 1.25. The van der Waals surface area contributed by atoms with Crippen LogP contribution < -0.4 is 0 Å². The molecule has 1 aromatic rings. The van der Waals surface area contributed by atoms with Crippen molar-refractivity contribution in [1.29, 1.82) is 0 Å². The summed E-state index contributed by atoms with van der Waals surface area (Å²) in [4.78, 5) is 0.377. The molecule has 1 aromatic carbocycles. The van der Waals surface area contributed by atoms with Gasteiger partial charge in [0.25, 0.3) is 0 Å². The molecule has 0 atom stereocenters. The first-order chi connectivity index (χ1) is 6.57. The summed E-state index contributed by atoms with van der Waals surface area (Å²) < 4.78 is 27.8. The molecule has 14 heavy (non-hydrogen) atoms. The van der Waals surface area contributed by atoms with Gasteiger partial charge in [-0.15, -0.1) is 0 Å². The molecule has 0 aromatic heterocycles. The van der Waals surface area contributed by atoms with Crippen molar-refractivity contribution in [3.05, 3.63) is 29.3 Å². The van der Waals surface area contributed by atoms with Gasteiger partial charge in [0.05, 0.1) is 18.1 Å². The minimum absolute atomic E-state index is 0.377. The minimum Gasteiger partial charge on any atom is -0.376 e. The van der Waals surface area contributed by atoms with Gasteiger partial charge in [-0.2, -0.15) is 0 Å². The van der Waals surface area contributed by atoms with Crippen molar-refractivity contribution in [2.45, 2.75) is 17.9 Å². The van der Waals surface area contributed by atoms with Crippen molar-refractivity contribution >= 4 is 9.84 Å². The minimum atomic E-state index is -3.09. The number of hydrogen-bond acceptors (Lipinski definition) is 3. The molecule has 0 bridgehead atoms. The van der Waals surface area contributed by atoms with Crippen molar-refractivity contribution < 1.29 is 13.2 Å². The summed E-state index contributed by atoms with van der Waals surface area (Å²) in [6, 6.07) is 5.26. The normalized spacial score (nSPS) is 16.4. The number of sulfone groups is 1. The predicted octanol–water partition coefficient (Wildman–Crippen LogP) is 1.16. The van der Waals surface area contributed by atoms with Crippen LogP contribution in [0.2, 0.25) is 0 Å². The van der Waals surface area contributed by atoms with Gasteiger partial charge in [0.15, 0.2) is 9.84 Å². The van der Waals surface area contributed by atoms with E-state index in [0.29, 0.717) is 11.5 Å². The zero-order valence-corrected chi connectivity index (χ0v) is 8.80. The highest BCUT2D eigenvalue weighted by Gasteiger charge is 2.13. The average molecular weight is 212 g/mol. The molecule has 0 fully saturated rings. The van der Waals surface area contributed by atoms with E-state index in [2.05, 4.69) is 0 Å². The Morgan fingerprint density at radius 2 is 2.07 bits per heavy atom. The molecule has 0 unspecified atom stereocenters. The molecule has 1 heterocycles. The van der Waals surface area contributed by atoms with Gasteiger partial charge in [-0.25, -0.2) is 8.42 Å². The van der Waals surface area contributed by atoms with E-state index in [1.165, 1.54) is 11.8 Å². The van der Waals surface area contributed by atoms with Crippen molar-refractivity contribution in [2.75, 3.05) is 12.9 Å². The molecule has 0 saturated carbocycles. The van der Waals surface area contributed by atoms with Crippen LogP contribution in [0.4, 0.5) is 0 Å². The third-order valence-corrected chi connectivity index (χ3v) is 3.49. The molecule has 2 rings (SSSR count). The molecule has 1 aliphatic heterocycles. The van der Waals surface area contributed by atoms with Crippen LogP contribution in [0.5, 0.6) is 0 Å². The number of hydrogen-bond donors (Lipinski definition) is 0. The third-order valence-electron chi connectivity index (χ3n) is 2.38. The monoisotopic (exact) mass is 212 g/mol. The summed E-state index contributed by atoms with van der Waals surface area (Å²) in [5.74, 6) is 0. The Labute approximate surface area is 83.6 Å². The first kappa shape index (κ1) is 9.68. The fraction of sp³-hybridized carbons (Fsp3) is 0.400. The fourth-order valence-corrected chi connectivity index (χ4v) is 2.25. The Morgan fingerprint density at radius 3 is 2.79 bits per heavy atom. The summed E-state index contributed by atoms with van der Waals surface area (Å²) in [5, 5.41) is 0. The Balaban J connectivity index is 2.49. The summed E-state index contributed by atoms with van der Waals surface area (Å²) in [7, 11) is -3.09. The quantitative estimate of drug-likeness (QED) is 0.701. The van der Waals surface area contributed by atoms with Crippen LogP contribution in [0.15, 0.2) is 23.1 Å². The van der Waals surface area contributed by atoms with Gasteiger partial charge in [-0.1, -0.05) is 6.07 Å². The second-order valence-electron chi connectivity index (χ2n) is 3.51. The number of rotatable bonds is 1. The van der Waals surface area contributed by atoms with Crippen molar-refractivity contribution in [3.63, 3.8) is 0 Å². The van der Waals surface area contributed by atoms with Gasteiger partial charge in [0.1, 0.15) is 0 Å². The largest absolute Gasteiger partial charge is 0.376 e. The van der Waals surface area contributed by atoms with Crippen LogP contribution >= 0.6 is 0 Å². The maximum atomic E-state index is 11.3. The highest BCUT2D eigenvalue weighted by atomic mass is 32.2.